The van der Waals surface area contributed by atoms with Gasteiger partial charge in [0.15, 0.2) is 18.2 Å². The minimum atomic E-state index is -0.561. The summed E-state index contributed by atoms with van der Waals surface area (Å²) in [5.41, 5.74) is 14.1. The second-order valence-electron chi connectivity index (χ2n) is 14.0. The molecule has 6 N–H and O–H groups in total. The van der Waals surface area contributed by atoms with Gasteiger partial charge in [-0.25, -0.2) is 0 Å². The zero-order chi connectivity index (χ0) is 31.8. The number of hydrogen-bond acceptors (Lipinski definition) is 6. The normalized spacial score (nSPS) is 24.1. The zero-order valence-electron chi connectivity index (χ0n) is 26.9. The molecule has 1 saturated carbocycles. The van der Waals surface area contributed by atoms with Crippen molar-refractivity contribution >= 4 is 16.7 Å². The van der Waals surface area contributed by atoms with Crippen molar-refractivity contribution in [1.29, 1.82) is 0 Å². The van der Waals surface area contributed by atoms with Crippen LogP contribution in [-0.2, 0) is 23.4 Å². The van der Waals surface area contributed by atoms with Crippen molar-refractivity contribution in [1.82, 2.24) is 14.9 Å². The van der Waals surface area contributed by atoms with Gasteiger partial charge in [-0.2, -0.15) is 0 Å². The van der Waals surface area contributed by atoms with E-state index < -0.39 is 6.10 Å². The Balaban J connectivity index is 1.07. The average molecular weight is 625 g/mol. The van der Waals surface area contributed by atoms with E-state index in [9.17, 15) is 15.0 Å². The number of phenols is 1. The van der Waals surface area contributed by atoms with Gasteiger partial charge < -0.3 is 30.2 Å². The molecule has 4 aromatic rings. The minimum absolute atomic E-state index is 0.0280. The summed E-state index contributed by atoms with van der Waals surface area (Å²) in [4.78, 5) is 16.0. The highest BCUT2D eigenvalue weighted by molar-refractivity contribution is 5.85. The molecule has 8 nitrogen and oxygen atoms in total. The zero-order valence-corrected chi connectivity index (χ0v) is 26.9. The quantitative estimate of drug-likeness (QED) is 0.106. The molecule has 5 atom stereocenters. The fraction of sp³-hybridized carbons (Fsp3) is 0.500. The van der Waals surface area contributed by atoms with Crippen molar-refractivity contribution in [3.8, 4) is 11.5 Å². The number of hydrogen-bond donors (Lipinski definition) is 5. The Bertz CT molecular complexity index is 1710. The highest BCUT2D eigenvalue weighted by Crippen LogP contribution is 2.60. The van der Waals surface area contributed by atoms with Gasteiger partial charge in [0.2, 0.25) is 0 Å². The fourth-order valence-electron chi connectivity index (χ4n) is 8.84. The summed E-state index contributed by atoms with van der Waals surface area (Å²) in [7, 11) is 0. The van der Waals surface area contributed by atoms with Gasteiger partial charge >= 0.3 is 0 Å². The highest BCUT2D eigenvalue weighted by atomic mass is 16.5. The summed E-state index contributed by atoms with van der Waals surface area (Å²) in [6, 6.07) is 12.0. The topological polar surface area (TPSA) is 126 Å². The van der Waals surface area contributed by atoms with Crippen LogP contribution in [0.15, 0.2) is 55.0 Å². The van der Waals surface area contributed by atoms with Crippen molar-refractivity contribution in [3.63, 3.8) is 0 Å². The van der Waals surface area contributed by atoms with Crippen LogP contribution in [0.2, 0.25) is 0 Å². The molecule has 0 spiro atoms. The van der Waals surface area contributed by atoms with Gasteiger partial charge in [0.1, 0.15) is 5.78 Å². The Morgan fingerprint density at radius 3 is 2.96 bits per heavy atom. The lowest BCUT2D eigenvalue weighted by atomic mass is 9.57. The van der Waals surface area contributed by atoms with E-state index in [1.54, 1.807) is 6.07 Å². The highest BCUT2D eigenvalue weighted by Gasteiger charge is 2.53. The van der Waals surface area contributed by atoms with Crippen molar-refractivity contribution in [2.45, 2.75) is 108 Å². The number of aromatic nitrogens is 2. The molecule has 1 aliphatic heterocycles. The minimum Gasteiger partial charge on any atom is -0.504 e. The molecule has 0 amide bonds. The smallest absolute Gasteiger partial charge is 0.165 e. The summed E-state index contributed by atoms with van der Waals surface area (Å²) in [5, 5.41) is 25.5. The van der Waals surface area contributed by atoms with E-state index in [0.29, 0.717) is 36.8 Å². The lowest BCUT2D eigenvalue weighted by Gasteiger charge is -2.48. The third-order valence-electron chi connectivity index (χ3n) is 11.1. The number of aryl methyl sites for hydroxylation is 1. The van der Waals surface area contributed by atoms with Crippen LogP contribution < -0.4 is 15.8 Å². The first kappa shape index (κ1) is 31.0. The number of aromatic amines is 1. The van der Waals surface area contributed by atoms with E-state index in [-0.39, 0.29) is 36.3 Å². The van der Waals surface area contributed by atoms with Crippen molar-refractivity contribution in [3.05, 3.63) is 82.8 Å². The number of aliphatic hydroxyl groups excluding tert-OH is 1. The van der Waals surface area contributed by atoms with Gasteiger partial charge in [0, 0.05) is 48.8 Å². The molecule has 3 heterocycles. The van der Waals surface area contributed by atoms with E-state index in [2.05, 4.69) is 54.0 Å². The van der Waals surface area contributed by atoms with Crippen LogP contribution in [-0.4, -0.2) is 38.2 Å². The third kappa shape index (κ3) is 5.65. The van der Waals surface area contributed by atoms with Gasteiger partial charge in [0.05, 0.1) is 17.8 Å². The first-order valence-electron chi connectivity index (χ1n) is 17.3. The predicted octanol–water partition coefficient (Wildman–Crippen LogP) is 6.68. The number of unbranched alkanes of at least 4 members (excludes halogenated alkanes) is 2. The van der Waals surface area contributed by atoms with Gasteiger partial charge in [-0.3, -0.25) is 10.1 Å². The van der Waals surface area contributed by atoms with Gasteiger partial charge in [0.25, 0.3) is 0 Å². The molecule has 2 aliphatic carbocycles. The number of nitrogens with two attached hydrogens (primary N) is 1. The van der Waals surface area contributed by atoms with E-state index >= 15 is 0 Å². The summed E-state index contributed by atoms with van der Waals surface area (Å²) in [5.74, 6) is 1.64. The summed E-state index contributed by atoms with van der Waals surface area (Å²) in [6.07, 6.45) is 15.5. The van der Waals surface area contributed by atoms with Crippen LogP contribution in [0.5, 0.6) is 11.5 Å². The van der Waals surface area contributed by atoms with E-state index in [1.165, 1.54) is 46.9 Å². The molecule has 7 rings (SSSR count). The molecule has 2 aromatic carbocycles. The number of Topliss-reactive ketones (excluding diaryl/α,β-unsaturated/α-hetero) is 1. The molecular weight excluding hydrogens is 576 g/mol. The number of fused-ring (bicyclic) bond motifs is 3. The third-order valence-corrected chi connectivity index (χ3v) is 11.1. The number of rotatable bonds is 13. The molecule has 2 aromatic heterocycles. The molecule has 244 valence electrons. The van der Waals surface area contributed by atoms with Crippen LogP contribution in [0.1, 0.15) is 111 Å². The van der Waals surface area contributed by atoms with Gasteiger partial charge in [-0.1, -0.05) is 56.9 Å². The second kappa shape index (κ2) is 12.9. The number of carbonyl (C=O) groups is 1. The molecule has 8 heteroatoms. The molecule has 5 unspecified atom stereocenters. The first-order valence-corrected chi connectivity index (χ1v) is 17.3. The molecule has 0 radical (unpaired) electrons. The van der Waals surface area contributed by atoms with E-state index in [0.717, 1.165) is 43.3 Å². The summed E-state index contributed by atoms with van der Waals surface area (Å²) in [6.45, 7) is 3.32. The number of carbonyl (C=O) groups excluding carboxylic acids is 1. The molecule has 1 fully saturated rings. The Morgan fingerprint density at radius 2 is 2.09 bits per heavy atom. The Labute approximate surface area is 271 Å². The summed E-state index contributed by atoms with van der Waals surface area (Å²) < 4.78 is 8.17. The van der Waals surface area contributed by atoms with Gasteiger partial charge in [-0.15, -0.1) is 0 Å². The molecular formula is C38H48N4O4. The van der Waals surface area contributed by atoms with Crippen LogP contribution in [0.3, 0.4) is 0 Å². The Hall–Kier alpha value is -3.59. The van der Waals surface area contributed by atoms with Gasteiger partial charge in [-0.05, 0) is 83.9 Å². The maximum atomic E-state index is 12.5. The number of aliphatic hydroxyl groups is 1. The number of H-pyrrole nitrogens is 1. The van der Waals surface area contributed by atoms with Crippen molar-refractivity contribution < 1.29 is 19.7 Å². The lowest BCUT2D eigenvalue weighted by Crippen LogP contribution is -2.46. The molecule has 0 bridgehead atoms. The van der Waals surface area contributed by atoms with E-state index in [1.807, 2.05) is 16.7 Å². The number of nitrogens with one attached hydrogen (secondary N) is 2. The van der Waals surface area contributed by atoms with Crippen LogP contribution in [0.25, 0.3) is 10.9 Å². The van der Waals surface area contributed by atoms with Crippen molar-refractivity contribution in [2.75, 3.05) is 6.54 Å². The number of ether oxygens (including phenoxy) is 1. The predicted molar refractivity (Wildman–Crippen MR) is 180 cm³/mol. The molecule has 0 saturated heterocycles. The SMILES string of the molecule is CCCCCC(O)CC(=O)CCc1ccc(O)c(OCn2cc3[nH]cc(C45CCCC4CC4CNC(N)c6cccc5c64)c3c2)c1. The molecule has 3 aliphatic rings. The van der Waals surface area contributed by atoms with Crippen molar-refractivity contribution in [2.24, 2.45) is 11.7 Å². The maximum absolute atomic E-state index is 12.5. The lowest BCUT2D eigenvalue weighted by molar-refractivity contribution is -0.121. The average Bonchev–Trinajstić information content (AvgIpc) is 3.77. The first-order chi connectivity index (χ1) is 22.4. The molecule has 46 heavy (non-hydrogen) atoms. The standard InChI is InChI=1S/C38H48N4O4/c1-2-3-4-8-27(43)18-28(44)13-11-24-12-14-34(45)35(16-24)46-23-42-21-30-32(20-40-33(30)22-42)38-15-6-7-26(38)17-25-19-41-37(39)29-9-5-10-31(38)36(25)29/h5,9-10,12,14,16,20-22,25-27,37,40-41,43,45H,2-4,6-8,11,13,15,17-19,23,39H2,1H3. The second-order valence-corrected chi connectivity index (χ2v) is 14.0. The number of aromatic hydroxyl groups is 1. The van der Waals surface area contributed by atoms with Crippen LogP contribution in [0, 0.1) is 5.92 Å². The summed E-state index contributed by atoms with van der Waals surface area (Å²) >= 11 is 0. The number of ketones is 1. The number of nitrogens with zero attached hydrogens (tertiary/aromatic N) is 1. The largest absolute Gasteiger partial charge is 0.504 e. The van der Waals surface area contributed by atoms with E-state index in [4.69, 9.17) is 10.5 Å². The fourth-order valence-corrected chi connectivity index (χ4v) is 8.84. The van der Waals surface area contributed by atoms with Crippen LogP contribution in [0.4, 0.5) is 0 Å². The number of phenolic OH excluding ortho intramolecular Hbond substituents is 1. The Morgan fingerprint density at radius 1 is 1.20 bits per heavy atom. The van der Waals surface area contributed by atoms with Crippen LogP contribution >= 0.6 is 0 Å². The maximum Gasteiger partial charge on any atom is 0.165 e. The Kier molecular flexibility index (Phi) is 8.70. The monoisotopic (exact) mass is 624 g/mol. The number of benzene rings is 2.